The van der Waals surface area contributed by atoms with E-state index in [-0.39, 0.29) is 30.3 Å². The highest BCUT2D eigenvalue weighted by molar-refractivity contribution is 6.07. The summed E-state index contributed by atoms with van der Waals surface area (Å²) in [7, 11) is 0. The molecule has 3 aromatic rings. The van der Waals surface area contributed by atoms with Gasteiger partial charge in [0.1, 0.15) is 11.5 Å². The van der Waals surface area contributed by atoms with Crippen molar-refractivity contribution in [1.29, 1.82) is 0 Å². The number of rotatable bonds is 7. The van der Waals surface area contributed by atoms with Gasteiger partial charge in [-0.15, -0.1) is 0 Å². The molecule has 0 saturated heterocycles. The summed E-state index contributed by atoms with van der Waals surface area (Å²) < 4.78 is 10.4. The molecule has 0 aliphatic heterocycles. The number of furan rings is 1. The van der Waals surface area contributed by atoms with Crippen molar-refractivity contribution in [1.82, 2.24) is 10.3 Å². The standard InChI is InChI=1S/C23H26N4O5/c1-13(2)32-22(29)19-14(3)20(25-15(19)4)21(28)26-16-7-9-17(10-8-16)27-23(30)24-12-18-6-5-11-31-18/h5-11,13,25H,12H2,1-4H3,(H,26,28)(H2,24,27,30). The Bertz CT molecular complexity index is 1100. The van der Waals surface area contributed by atoms with Crippen LogP contribution in [0.5, 0.6) is 0 Å². The van der Waals surface area contributed by atoms with E-state index in [0.29, 0.717) is 34.0 Å². The third kappa shape index (κ3) is 5.57. The number of hydrogen-bond acceptors (Lipinski definition) is 5. The first-order valence-electron chi connectivity index (χ1n) is 10.1. The Kier molecular flexibility index (Phi) is 6.99. The zero-order valence-corrected chi connectivity index (χ0v) is 18.4. The van der Waals surface area contributed by atoms with E-state index in [1.165, 1.54) is 6.26 Å². The van der Waals surface area contributed by atoms with Crippen LogP contribution in [0.25, 0.3) is 0 Å². The van der Waals surface area contributed by atoms with Crippen molar-refractivity contribution in [2.45, 2.75) is 40.3 Å². The number of urea groups is 1. The van der Waals surface area contributed by atoms with E-state index in [1.807, 2.05) is 0 Å². The van der Waals surface area contributed by atoms with Crippen LogP contribution >= 0.6 is 0 Å². The molecular weight excluding hydrogens is 412 g/mol. The van der Waals surface area contributed by atoms with Crippen LogP contribution in [0, 0.1) is 13.8 Å². The van der Waals surface area contributed by atoms with E-state index in [9.17, 15) is 14.4 Å². The first-order valence-corrected chi connectivity index (χ1v) is 10.1. The average molecular weight is 438 g/mol. The van der Waals surface area contributed by atoms with Gasteiger partial charge in [-0.3, -0.25) is 4.79 Å². The first kappa shape index (κ1) is 22.7. The quantitative estimate of drug-likeness (QED) is 0.408. The maximum Gasteiger partial charge on any atom is 0.340 e. The molecule has 0 atom stereocenters. The van der Waals surface area contributed by atoms with Crippen molar-refractivity contribution in [3.63, 3.8) is 0 Å². The summed E-state index contributed by atoms with van der Waals surface area (Å²) in [6.45, 7) is 7.23. The van der Waals surface area contributed by atoms with Gasteiger partial charge in [0.15, 0.2) is 0 Å². The second-order valence-corrected chi connectivity index (χ2v) is 7.50. The van der Waals surface area contributed by atoms with Gasteiger partial charge < -0.3 is 30.1 Å². The third-order valence-corrected chi connectivity index (χ3v) is 4.62. The number of aromatic nitrogens is 1. The van der Waals surface area contributed by atoms with E-state index in [2.05, 4.69) is 20.9 Å². The summed E-state index contributed by atoms with van der Waals surface area (Å²) in [6, 6.07) is 9.80. The lowest BCUT2D eigenvalue weighted by Crippen LogP contribution is -2.27. The Morgan fingerprint density at radius 1 is 1.03 bits per heavy atom. The third-order valence-electron chi connectivity index (χ3n) is 4.62. The van der Waals surface area contributed by atoms with Crippen LogP contribution in [0.3, 0.4) is 0 Å². The molecule has 2 aromatic heterocycles. The van der Waals surface area contributed by atoms with Gasteiger partial charge in [0.2, 0.25) is 0 Å². The second-order valence-electron chi connectivity index (χ2n) is 7.50. The zero-order valence-electron chi connectivity index (χ0n) is 18.4. The lowest BCUT2D eigenvalue weighted by atomic mass is 10.1. The Hall–Kier alpha value is -4.01. The van der Waals surface area contributed by atoms with Crippen LogP contribution in [0.1, 0.15) is 51.7 Å². The fourth-order valence-electron chi connectivity index (χ4n) is 3.14. The van der Waals surface area contributed by atoms with Gasteiger partial charge in [0.25, 0.3) is 5.91 Å². The maximum absolute atomic E-state index is 12.7. The molecule has 0 aliphatic rings. The van der Waals surface area contributed by atoms with Crippen molar-refractivity contribution in [3.8, 4) is 0 Å². The molecule has 2 heterocycles. The van der Waals surface area contributed by atoms with Crippen molar-refractivity contribution in [2.75, 3.05) is 10.6 Å². The topological polar surface area (TPSA) is 125 Å². The van der Waals surface area contributed by atoms with E-state index >= 15 is 0 Å². The highest BCUT2D eigenvalue weighted by Gasteiger charge is 2.23. The number of H-pyrrole nitrogens is 1. The lowest BCUT2D eigenvalue weighted by Gasteiger charge is -2.09. The summed E-state index contributed by atoms with van der Waals surface area (Å²) in [5.41, 5.74) is 2.84. The largest absolute Gasteiger partial charge is 0.467 e. The number of benzene rings is 1. The van der Waals surface area contributed by atoms with Gasteiger partial charge in [-0.25, -0.2) is 9.59 Å². The normalized spacial score (nSPS) is 10.7. The molecule has 0 unspecified atom stereocenters. The van der Waals surface area contributed by atoms with Gasteiger partial charge in [0, 0.05) is 17.1 Å². The van der Waals surface area contributed by atoms with Gasteiger partial charge in [0.05, 0.1) is 24.5 Å². The van der Waals surface area contributed by atoms with Crippen molar-refractivity contribution in [3.05, 3.63) is 70.9 Å². The van der Waals surface area contributed by atoms with Crippen LogP contribution in [-0.4, -0.2) is 29.0 Å². The molecule has 4 N–H and O–H groups in total. The highest BCUT2D eigenvalue weighted by Crippen LogP contribution is 2.21. The average Bonchev–Trinajstić information content (AvgIpc) is 3.35. The van der Waals surface area contributed by atoms with Crippen LogP contribution in [0.2, 0.25) is 0 Å². The molecule has 168 valence electrons. The molecule has 9 heteroatoms. The molecule has 0 spiro atoms. The number of hydrogen-bond donors (Lipinski definition) is 4. The Balaban J connectivity index is 1.60. The number of esters is 1. The van der Waals surface area contributed by atoms with E-state index in [4.69, 9.17) is 9.15 Å². The van der Waals surface area contributed by atoms with Crippen LogP contribution in [0.4, 0.5) is 16.2 Å². The number of nitrogens with one attached hydrogen (secondary N) is 4. The number of ether oxygens (including phenoxy) is 1. The molecule has 0 bridgehead atoms. The number of aromatic amines is 1. The maximum atomic E-state index is 12.7. The molecule has 1 aromatic carbocycles. The molecule has 3 rings (SSSR count). The second kappa shape index (κ2) is 9.86. The monoisotopic (exact) mass is 438 g/mol. The minimum absolute atomic E-state index is 0.257. The van der Waals surface area contributed by atoms with Crippen LogP contribution in [0.15, 0.2) is 47.1 Å². The summed E-state index contributed by atoms with van der Waals surface area (Å²) in [5, 5.41) is 8.16. The fraction of sp³-hybridized carbons (Fsp3) is 0.261. The SMILES string of the molecule is Cc1[nH]c(C(=O)Nc2ccc(NC(=O)NCc3ccco3)cc2)c(C)c1C(=O)OC(C)C. The van der Waals surface area contributed by atoms with Crippen LogP contribution < -0.4 is 16.0 Å². The van der Waals surface area contributed by atoms with Gasteiger partial charge in [-0.2, -0.15) is 0 Å². The number of carbonyl (C=O) groups is 3. The highest BCUT2D eigenvalue weighted by atomic mass is 16.5. The van der Waals surface area contributed by atoms with Crippen LogP contribution in [-0.2, 0) is 11.3 Å². The molecule has 0 aliphatic carbocycles. The summed E-state index contributed by atoms with van der Waals surface area (Å²) in [6.07, 6.45) is 1.28. The molecule has 0 radical (unpaired) electrons. The number of anilines is 2. The molecule has 3 amide bonds. The van der Waals surface area contributed by atoms with Gasteiger partial charge in [-0.05, 0) is 69.7 Å². The molecular formula is C23H26N4O5. The lowest BCUT2D eigenvalue weighted by molar-refractivity contribution is 0.0376. The first-order chi connectivity index (χ1) is 15.2. The van der Waals surface area contributed by atoms with Crippen molar-refractivity contribution >= 4 is 29.3 Å². The number of aryl methyl sites for hydroxylation is 1. The summed E-state index contributed by atoms with van der Waals surface area (Å²) >= 11 is 0. The van der Waals surface area contributed by atoms with E-state index < -0.39 is 5.97 Å². The molecule has 32 heavy (non-hydrogen) atoms. The number of amides is 3. The summed E-state index contributed by atoms with van der Waals surface area (Å²) in [5.74, 6) is -0.203. The van der Waals surface area contributed by atoms with Gasteiger partial charge in [-0.1, -0.05) is 0 Å². The van der Waals surface area contributed by atoms with Crippen molar-refractivity contribution in [2.24, 2.45) is 0 Å². The molecule has 0 saturated carbocycles. The predicted molar refractivity (Wildman–Crippen MR) is 120 cm³/mol. The molecule has 9 nitrogen and oxygen atoms in total. The zero-order chi connectivity index (χ0) is 23.3. The summed E-state index contributed by atoms with van der Waals surface area (Å²) in [4.78, 5) is 40.0. The number of carbonyl (C=O) groups excluding carboxylic acids is 3. The van der Waals surface area contributed by atoms with E-state index in [1.54, 1.807) is 64.1 Å². The van der Waals surface area contributed by atoms with E-state index in [0.717, 1.165) is 0 Å². The van der Waals surface area contributed by atoms with Gasteiger partial charge >= 0.3 is 12.0 Å². The Morgan fingerprint density at radius 3 is 2.28 bits per heavy atom. The minimum Gasteiger partial charge on any atom is -0.467 e. The fourth-order valence-corrected chi connectivity index (χ4v) is 3.14. The minimum atomic E-state index is -0.467. The molecule has 0 fully saturated rings. The smallest absolute Gasteiger partial charge is 0.340 e. The Morgan fingerprint density at radius 2 is 1.69 bits per heavy atom. The Labute approximate surface area is 185 Å². The predicted octanol–water partition coefficient (Wildman–Crippen LogP) is 4.36. The van der Waals surface area contributed by atoms with Crippen molar-refractivity contribution < 1.29 is 23.5 Å².